The van der Waals surface area contributed by atoms with Gasteiger partial charge in [-0.1, -0.05) is 34.6 Å². The van der Waals surface area contributed by atoms with Crippen LogP contribution in [0.25, 0.3) is 0 Å². The zero-order chi connectivity index (χ0) is 14.6. The quantitative estimate of drug-likeness (QED) is 0.819. The summed E-state index contributed by atoms with van der Waals surface area (Å²) in [5.74, 6) is 2.46. The van der Waals surface area contributed by atoms with Gasteiger partial charge < -0.3 is 10.2 Å². The molecule has 114 valence electrons. The summed E-state index contributed by atoms with van der Waals surface area (Å²) in [6.07, 6.45) is 4.12. The Morgan fingerprint density at radius 3 is 2.32 bits per heavy atom. The van der Waals surface area contributed by atoms with Crippen LogP contribution in [-0.4, -0.2) is 38.1 Å². The van der Waals surface area contributed by atoms with Gasteiger partial charge >= 0.3 is 0 Å². The van der Waals surface area contributed by atoms with E-state index in [1.807, 2.05) is 0 Å². The molecule has 1 aliphatic carbocycles. The van der Waals surface area contributed by atoms with Crippen LogP contribution in [0.5, 0.6) is 0 Å². The number of hydrogen-bond acceptors (Lipinski definition) is 2. The van der Waals surface area contributed by atoms with Crippen LogP contribution in [-0.2, 0) is 0 Å². The molecule has 2 nitrogen and oxygen atoms in total. The lowest BCUT2D eigenvalue weighted by Gasteiger charge is -2.43. The monoisotopic (exact) mass is 268 g/mol. The maximum Gasteiger partial charge on any atom is 0.0105 e. The zero-order valence-corrected chi connectivity index (χ0v) is 14.3. The fourth-order valence-corrected chi connectivity index (χ4v) is 3.73. The van der Waals surface area contributed by atoms with Crippen LogP contribution in [0.15, 0.2) is 0 Å². The second kappa shape index (κ2) is 7.08. The van der Waals surface area contributed by atoms with E-state index >= 15 is 0 Å². The van der Waals surface area contributed by atoms with E-state index in [4.69, 9.17) is 0 Å². The van der Waals surface area contributed by atoms with E-state index in [0.717, 1.165) is 17.8 Å². The molecule has 1 rings (SSSR count). The van der Waals surface area contributed by atoms with Crippen LogP contribution in [0.4, 0.5) is 0 Å². The molecule has 3 unspecified atom stereocenters. The third kappa shape index (κ3) is 5.43. The highest BCUT2D eigenvalue weighted by Gasteiger charge is 2.35. The molecule has 2 heteroatoms. The van der Waals surface area contributed by atoms with Crippen LogP contribution in [0.1, 0.15) is 53.9 Å². The fourth-order valence-electron chi connectivity index (χ4n) is 3.73. The maximum atomic E-state index is 3.56. The highest BCUT2D eigenvalue weighted by Crippen LogP contribution is 2.40. The van der Waals surface area contributed by atoms with Gasteiger partial charge in [0, 0.05) is 19.1 Å². The maximum absolute atomic E-state index is 3.56. The van der Waals surface area contributed by atoms with Gasteiger partial charge in [-0.05, 0) is 56.5 Å². The first-order valence-corrected chi connectivity index (χ1v) is 8.09. The molecular weight excluding hydrogens is 232 g/mol. The third-order valence-electron chi connectivity index (χ3n) is 4.80. The second-order valence-electron chi connectivity index (χ2n) is 8.15. The topological polar surface area (TPSA) is 15.3 Å². The van der Waals surface area contributed by atoms with Crippen LogP contribution >= 0.6 is 0 Å². The van der Waals surface area contributed by atoms with Crippen LogP contribution < -0.4 is 5.32 Å². The molecule has 0 aromatic carbocycles. The molecule has 1 N–H and O–H groups in total. The van der Waals surface area contributed by atoms with E-state index in [9.17, 15) is 0 Å². The molecule has 1 saturated carbocycles. The Kier molecular flexibility index (Phi) is 6.32. The molecular formula is C17H36N2. The number of rotatable bonds is 5. The first kappa shape index (κ1) is 17.0. The normalized spacial score (nSPS) is 29.2. The standard InChI is InChI=1S/C17H36N2/c1-13(2)11-19(7)12-14-10-15(17(3,4)5)8-9-16(14)18-6/h13-16,18H,8-12H2,1-7H3. The molecule has 0 aromatic rings. The molecule has 0 amide bonds. The largest absolute Gasteiger partial charge is 0.317 e. The lowest BCUT2D eigenvalue weighted by Crippen LogP contribution is -2.46. The van der Waals surface area contributed by atoms with Crippen molar-refractivity contribution in [2.24, 2.45) is 23.2 Å². The van der Waals surface area contributed by atoms with Gasteiger partial charge in [0.1, 0.15) is 0 Å². The van der Waals surface area contributed by atoms with Crippen LogP contribution in [0.2, 0.25) is 0 Å². The lowest BCUT2D eigenvalue weighted by molar-refractivity contribution is 0.0935. The summed E-state index contributed by atoms with van der Waals surface area (Å²) in [4.78, 5) is 2.53. The van der Waals surface area contributed by atoms with E-state index in [1.165, 1.54) is 32.4 Å². The molecule has 0 aromatic heterocycles. The second-order valence-corrected chi connectivity index (χ2v) is 8.15. The number of nitrogens with zero attached hydrogens (tertiary/aromatic N) is 1. The Balaban J connectivity index is 2.60. The Hall–Kier alpha value is -0.0800. The predicted molar refractivity (Wildman–Crippen MR) is 85.5 cm³/mol. The minimum absolute atomic E-state index is 0.466. The molecule has 0 radical (unpaired) electrons. The van der Waals surface area contributed by atoms with Crippen molar-refractivity contribution >= 4 is 0 Å². The summed E-state index contributed by atoms with van der Waals surface area (Å²) in [5.41, 5.74) is 0.466. The van der Waals surface area contributed by atoms with Crippen molar-refractivity contribution in [3.63, 3.8) is 0 Å². The third-order valence-corrected chi connectivity index (χ3v) is 4.80. The van der Waals surface area contributed by atoms with Crippen molar-refractivity contribution in [2.75, 3.05) is 27.2 Å². The Labute approximate surface area is 121 Å². The first-order valence-electron chi connectivity index (χ1n) is 8.09. The Morgan fingerprint density at radius 1 is 1.21 bits per heavy atom. The Morgan fingerprint density at radius 2 is 1.84 bits per heavy atom. The zero-order valence-electron chi connectivity index (χ0n) is 14.3. The van der Waals surface area contributed by atoms with Gasteiger partial charge in [-0.25, -0.2) is 0 Å². The summed E-state index contributed by atoms with van der Waals surface area (Å²) < 4.78 is 0. The summed E-state index contributed by atoms with van der Waals surface area (Å²) in [6, 6.07) is 0.716. The molecule has 1 fully saturated rings. The van der Waals surface area contributed by atoms with Gasteiger partial charge in [0.25, 0.3) is 0 Å². The summed E-state index contributed by atoms with van der Waals surface area (Å²) in [7, 11) is 4.42. The predicted octanol–water partition coefficient (Wildman–Crippen LogP) is 3.62. The smallest absolute Gasteiger partial charge is 0.0105 e. The van der Waals surface area contributed by atoms with Crippen molar-refractivity contribution in [1.29, 1.82) is 0 Å². The summed E-state index contributed by atoms with van der Waals surface area (Å²) in [5, 5.41) is 3.56. The molecule has 0 saturated heterocycles. The average Bonchev–Trinajstić information content (AvgIpc) is 2.26. The van der Waals surface area contributed by atoms with Crippen LogP contribution in [0.3, 0.4) is 0 Å². The molecule has 0 heterocycles. The molecule has 0 aliphatic heterocycles. The van der Waals surface area contributed by atoms with Crippen LogP contribution in [0, 0.1) is 23.2 Å². The van der Waals surface area contributed by atoms with E-state index in [0.29, 0.717) is 11.5 Å². The van der Waals surface area contributed by atoms with Crippen molar-refractivity contribution in [3.05, 3.63) is 0 Å². The van der Waals surface area contributed by atoms with Gasteiger partial charge in [-0.15, -0.1) is 0 Å². The molecule has 0 bridgehead atoms. The number of nitrogens with one attached hydrogen (secondary N) is 1. The average molecular weight is 268 g/mol. The van der Waals surface area contributed by atoms with Gasteiger partial charge in [-0.3, -0.25) is 0 Å². The van der Waals surface area contributed by atoms with E-state index < -0.39 is 0 Å². The van der Waals surface area contributed by atoms with Crippen molar-refractivity contribution in [2.45, 2.75) is 59.9 Å². The SMILES string of the molecule is CNC1CCC(C(C)(C)C)CC1CN(C)CC(C)C. The molecule has 1 aliphatic rings. The fraction of sp³-hybridized carbons (Fsp3) is 1.00. The van der Waals surface area contributed by atoms with Gasteiger partial charge in [0.05, 0.1) is 0 Å². The van der Waals surface area contributed by atoms with Gasteiger partial charge in [0.2, 0.25) is 0 Å². The molecule has 19 heavy (non-hydrogen) atoms. The van der Waals surface area contributed by atoms with E-state index in [-0.39, 0.29) is 0 Å². The highest BCUT2D eigenvalue weighted by atomic mass is 15.1. The minimum Gasteiger partial charge on any atom is -0.317 e. The van der Waals surface area contributed by atoms with Crippen molar-refractivity contribution in [3.8, 4) is 0 Å². The van der Waals surface area contributed by atoms with Gasteiger partial charge in [0.15, 0.2) is 0 Å². The summed E-state index contributed by atoms with van der Waals surface area (Å²) in [6.45, 7) is 14.3. The highest BCUT2D eigenvalue weighted by molar-refractivity contribution is 4.89. The van der Waals surface area contributed by atoms with Crippen molar-refractivity contribution in [1.82, 2.24) is 10.2 Å². The summed E-state index contributed by atoms with van der Waals surface area (Å²) >= 11 is 0. The van der Waals surface area contributed by atoms with Crippen molar-refractivity contribution < 1.29 is 0 Å². The lowest BCUT2D eigenvalue weighted by atomic mass is 9.67. The molecule has 3 atom stereocenters. The Bertz CT molecular complexity index is 254. The number of hydrogen-bond donors (Lipinski definition) is 1. The van der Waals surface area contributed by atoms with E-state index in [1.54, 1.807) is 0 Å². The van der Waals surface area contributed by atoms with Gasteiger partial charge in [-0.2, -0.15) is 0 Å². The minimum atomic E-state index is 0.466. The first-order chi connectivity index (χ1) is 8.74. The van der Waals surface area contributed by atoms with E-state index in [2.05, 4.69) is 58.9 Å². The molecule has 0 spiro atoms.